The van der Waals surface area contributed by atoms with E-state index in [0.717, 1.165) is 28.9 Å². The summed E-state index contributed by atoms with van der Waals surface area (Å²) in [4.78, 5) is 17.4. The molecule has 0 unspecified atom stereocenters. The van der Waals surface area contributed by atoms with E-state index in [9.17, 15) is 26.4 Å². The number of hydrogen-bond acceptors (Lipinski definition) is 6. The van der Waals surface area contributed by atoms with E-state index in [1.54, 1.807) is 0 Å². The van der Waals surface area contributed by atoms with Crippen molar-refractivity contribution in [3.05, 3.63) is 101 Å². The highest BCUT2D eigenvalue weighted by Crippen LogP contribution is 2.31. The van der Waals surface area contributed by atoms with E-state index in [1.165, 1.54) is 61.7 Å². The number of carbonyl (C=O) groups is 1. The van der Waals surface area contributed by atoms with Crippen molar-refractivity contribution in [1.29, 1.82) is 0 Å². The molecule has 0 spiro atoms. The van der Waals surface area contributed by atoms with Crippen LogP contribution in [0.15, 0.2) is 88.8 Å². The zero-order chi connectivity index (χ0) is 28.6. The molecule has 5 rings (SSSR count). The highest BCUT2D eigenvalue weighted by molar-refractivity contribution is 7.91. The number of hydrogen-bond donors (Lipinski definition) is 1. The van der Waals surface area contributed by atoms with Crippen LogP contribution in [0.3, 0.4) is 0 Å². The first-order chi connectivity index (χ1) is 19.1. The number of nitrogens with zero attached hydrogens (tertiary/aromatic N) is 3. The number of fused-ring (bicyclic) bond motifs is 1. The summed E-state index contributed by atoms with van der Waals surface area (Å²) >= 11 is 5.88. The third-order valence-electron chi connectivity index (χ3n) is 5.92. The Hall–Kier alpha value is -4.42. The van der Waals surface area contributed by atoms with Crippen LogP contribution in [0, 0.1) is 5.82 Å². The molecule has 2 aromatic heterocycles. The number of benzene rings is 3. The molecule has 0 atom stereocenters. The molecule has 0 aliphatic rings. The summed E-state index contributed by atoms with van der Waals surface area (Å²) in [6.07, 6.45) is -1.89. The molecule has 0 saturated carbocycles. The molecule has 1 amide bonds. The molecule has 3 aromatic carbocycles. The molecule has 0 saturated heterocycles. The van der Waals surface area contributed by atoms with Crippen LogP contribution < -0.4 is 10.1 Å². The number of carbonyl (C=O) groups excluding carboxylic acids is 1. The van der Waals surface area contributed by atoms with E-state index in [4.69, 9.17) is 16.3 Å². The Labute approximate surface area is 230 Å². The summed E-state index contributed by atoms with van der Waals surface area (Å²) in [5, 5.41) is 6.83. The molecule has 40 heavy (non-hydrogen) atoms. The molecular weight excluding hydrogens is 569 g/mol. The summed E-state index contributed by atoms with van der Waals surface area (Å²) in [5.41, 5.74) is -0.373. The number of alkyl halides is 2. The number of aromatic nitrogens is 3. The van der Waals surface area contributed by atoms with Gasteiger partial charge in [-0.2, -0.15) is 5.10 Å². The van der Waals surface area contributed by atoms with Crippen molar-refractivity contribution in [3.8, 4) is 17.0 Å². The van der Waals surface area contributed by atoms with Gasteiger partial charge in [0.05, 0.1) is 28.8 Å². The predicted octanol–water partition coefficient (Wildman–Crippen LogP) is 6.22. The Bertz CT molecular complexity index is 1850. The molecule has 8 nitrogen and oxygen atoms in total. The van der Waals surface area contributed by atoms with Gasteiger partial charge < -0.3 is 10.1 Å². The lowest BCUT2D eigenvalue weighted by molar-refractivity contribution is 0.102. The summed E-state index contributed by atoms with van der Waals surface area (Å²) in [5.74, 6) is -1.16. The van der Waals surface area contributed by atoms with Gasteiger partial charge in [-0.15, -0.1) is 0 Å². The molecule has 13 heteroatoms. The Balaban J connectivity index is 1.55. The number of ether oxygens (including phenoxy) is 1. The minimum Gasteiger partial charge on any atom is -0.497 e. The molecule has 2 heterocycles. The first kappa shape index (κ1) is 27.2. The maximum absolute atomic E-state index is 13.9. The van der Waals surface area contributed by atoms with E-state index >= 15 is 0 Å². The number of halogens is 4. The monoisotopic (exact) mass is 586 g/mol. The maximum atomic E-state index is 13.9. The Morgan fingerprint density at radius 1 is 1.00 bits per heavy atom. The van der Waals surface area contributed by atoms with Crippen molar-refractivity contribution >= 4 is 38.7 Å². The molecule has 204 valence electrons. The second-order valence-corrected chi connectivity index (χ2v) is 10.9. The van der Waals surface area contributed by atoms with Crippen molar-refractivity contribution in [2.24, 2.45) is 0 Å². The SMILES string of the molecule is COc1cc(NC(=O)c2cnn3c(C(F)F)cc(-c4ccc(F)cc4)nc23)cc(S(=O)(=O)c2ccc(Cl)cc2)c1. The molecule has 0 fully saturated rings. The van der Waals surface area contributed by atoms with Crippen LogP contribution in [-0.2, 0) is 9.84 Å². The van der Waals surface area contributed by atoms with Crippen molar-refractivity contribution in [2.45, 2.75) is 16.2 Å². The second-order valence-electron chi connectivity index (χ2n) is 8.48. The number of amides is 1. The molecule has 1 N–H and O–H groups in total. The predicted molar refractivity (Wildman–Crippen MR) is 141 cm³/mol. The minimum absolute atomic E-state index is 0.0258. The van der Waals surface area contributed by atoms with E-state index < -0.39 is 33.7 Å². The Kier molecular flexibility index (Phi) is 7.21. The van der Waals surface area contributed by atoms with Gasteiger partial charge in [0.2, 0.25) is 9.84 Å². The lowest BCUT2D eigenvalue weighted by Gasteiger charge is -2.12. The van der Waals surface area contributed by atoms with Crippen LogP contribution in [-0.4, -0.2) is 36.0 Å². The fraction of sp³-hybridized carbons (Fsp3) is 0.0741. The van der Waals surface area contributed by atoms with Crippen LogP contribution >= 0.6 is 11.6 Å². The number of anilines is 1. The number of rotatable bonds is 7. The molecule has 0 aliphatic heterocycles. The Morgan fingerprint density at radius 2 is 1.70 bits per heavy atom. The number of nitrogens with one attached hydrogen (secondary N) is 1. The van der Waals surface area contributed by atoms with E-state index in [-0.39, 0.29) is 38.1 Å². The summed E-state index contributed by atoms with van der Waals surface area (Å²) in [6.45, 7) is 0. The molecule has 0 radical (unpaired) electrons. The summed E-state index contributed by atoms with van der Waals surface area (Å²) in [6, 6.07) is 15.7. The number of sulfone groups is 1. The third kappa shape index (κ3) is 5.23. The zero-order valence-electron chi connectivity index (χ0n) is 20.5. The van der Waals surface area contributed by atoms with Crippen LogP contribution in [0.5, 0.6) is 5.75 Å². The van der Waals surface area contributed by atoms with Crippen molar-refractivity contribution in [2.75, 3.05) is 12.4 Å². The van der Waals surface area contributed by atoms with Gasteiger partial charge in [-0.05, 0) is 66.7 Å². The second kappa shape index (κ2) is 10.6. The molecule has 5 aromatic rings. The van der Waals surface area contributed by atoms with Gasteiger partial charge in [0.15, 0.2) is 5.65 Å². The molecule has 0 bridgehead atoms. The fourth-order valence-corrected chi connectivity index (χ4v) is 5.38. The van der Waals surface area contributed by atoms with E-state index in [0.29, 0.717) is 10.6 Å². The molecular formula is C27H18ClF3N4O4S. The van der Waals surface area contributed by atoms with Gasteiger partial charge in [-0.3, -0.25) is 4.79 Å². The lowest BCUT2D eigenvalue weighted by atomic mass is 10.1. The average Bonchev–Trinajstić information content (AvgIpc) is 3.37. The quantitative estimate of drug-likeness (QED) is 0.243. The zero-order valence-corrected chi connectivity index (χ0v) is 22.1. The van der Waals surface area contributed by atoms with Crippen LogP contribution in [0.25, 0.3) is 16.9 Å². The first-order valence-corrected chi connectivity index (χ1v) is 13.4. The smallest absolute Gasteiger partial charge is 0.280 e. The first-order valence-electron chi connectivity index (χ1n) is 11.5. The highest BCUT2D eigenvalue weighted by Gasteiger charge is 2.24. The standard InChI is InChI=1S/C27H18ClF3N4O4S/c1-39-19-10-18(11-21(12-19)40(37,38)20-8-4-16(28)5-9-20)33-27(36)22-14-32-35-24(25(30)31)13-23(34-26(22)35)15-2-6-17(29)7-3-15/h2-14,25H,1H3,(H,33,36). The van der Waals surface area contributed by atoms with E-state index in [2.05, 4.69) is 15.4 Å². The van der Waals surface area contributed by atoms with Gasteiger partial charge in [0, 0.05) is 22.3 Å². The van der Waals surface area contributed by atoms with Gasteiger partial charge in [0.25, 0.3) is 12.3 Å². The van der Waals surface area contributed by atoms with Gasteiger partial charge in [-0.25, -0.2) is 31.1 Å². The molecule has 0 aliphatic carbocycles. The summed E-state index contributed by atoms with van der Waals surface area (Å²) in [7, 11) is -2.69. The highest BCUT2D eigenvalue weighted by atomic mass is 35.5. The van der Waals surface area contributed by atoms with Crippen molar-refractivity contribution in [3.63, 3.8) is 0 Å². The van der Waals surface area contributed by atoms with E-state index in [1.807, 2.05) is 0 Å². The van der Waals surface area contributed by atoms with Gasteiger partial charge >= 0.3 is 0 Å². The van der Waals surface area contributed by atoms with Crippen molar-refractivity contribution in [1.82, 2.24) is 14.6 Å². The van der Waals surface area contributed by atoms with Crippen LogP contribution in [0.2, 0.25) is 5.02 Å². The Morgan fingerprint density at radius 3 is 2.35 bits per heavy atom. The topological polar surface area (TPSA) is 103 Å². The van der Waals surface area contributed by atoms with Crippen molar-refractivity contribution < 1.29 is 31.1 Å². The normalized spacial score (nSPS) is 11.7. The largest absolute Gasteiger partial charge is 0.497 e. The number of methoxy groups -OCH3 is 1. The third-order valence-corrected chi connectivity index (χ3v) is 7.92. The van der Waals surface area contributed by atoms with Gasteiger partial charge in [0.1, 0.15) is 22.8 Å². The minimum atomic E-state index is -4.02. The summed E-state index contributed by atoms with van der Waals surface area (Å²) < 4.78 is 73.7. The maximum Gasteiger partial charge on any atom is 0.280 e. The lowest BCUT2D eigenvalue weighted by Crippen LogP contribution is -2.13. The van der Waals surface area contributed by atoms with Crippen LogP contribution in [0.1, 0.15) is 22.5 Å². The van der Waals surface area contributed by atoms with Gasteiger partial charge in [-0.1, -0.05) is 11.6 Å². The average molecular weight is 587 g/mol. The fourth-order valence-electron chi connectivity index (χ4n) is 3.94. The van der Waals surface area contributed by atoms with Crippen LogP contribution in [0.4, 0.5) is 18.9 Å².